The summed E-state index contributed by atoms with van der Waals surface area (Å²) in [6.07, 6.45) is 14.4. The molecule has 0 bridgehead atoms. The highest BCUT2D eigenvalue weighted by molar-refractivity contribution is 5.79. The molecule has 0 N–H and O–H groups in total. The first-order valence-electron chi connectivity index (χ1n) is 12.2. The lowest BCUT2D eigenvalue weighted by atomic mass is 9.79. The van der Waals surface area contributed by atoms with E-state index < -0.39 is 0 Å². The summed E-state index contributed by atoms with van der Waals surface area (Å²) in [5.41, 5.74) is 4.04. The molecule has 0 aromatic heterocycles. The van der Waals surface area contributed by atoms with Crippen molar-refractivity contribution in [1.29, 1.82) is 0 Å². The molecule has 2 amide bonds. The minimum absolute atomic E-state index is 0.150. The summed E-state index contributed by atoms with van der Waals surface area (Å²) in [4.78, 5) is 23.9. The van der Waals surface area contributed by atoms with Crippen molar-refractivity contribution in [2.24, 2.45) is 16.3 Å². The zero-order valence-corrected chi connectivity index (χ0v) is 19.8. The van der Waals surface area contributed by atoms with Crippen molar-refractivity contribution >= 4 is 12.2 Å². The maximum atomic E-state index is 13.5. The van der Waals surface area contributed by atoms with Crippen LogP contribution in [0.25, 0.3) is 0 Å². The number of aliphatic imine (C=N–C) groups is 1. The highest BCUT2D eigenvalue weighted by atomic mass is 19.1. The van der Waals surface area contributed by atoms with E-state index in [2.05, 4.69) is 42.0 Å². The number of halogens is 1. The predicted molar refractivity (Wildman–Crippen MR) is 128 cm³/mol. The van der Waals surface area contributed by atoms with Crippen LogP contribution in [0.4, 0.5) is 9.18 Å². The van der Waals surface area contributed by atoms with Crippen molar-refractivity contribution in [3.63, 3.8) is 0 Å². The molecule has 32 heavy (non-hydrogen) atoms. The second-order valence-corrected chi connectivity index (χ2v) is 10.0. The van der Waals surface area contributed by atoms with Crippen LogP contribution in [0.3, 0.4) is 0 Å². The summed E-state index contributed by atoms with van der Waals surface area (Å²) in [6, 6.07) is 0.150. The summed E-state index contributed by atoms with van der Waals surface area (Å²) < 4.78 is 13.5. The fourth-order valence-electron chi connectivity index (χ4n) is 5.35. The summed E-state index contributed by atoms with van der Waals surface area (Å²) in [5.74, 6) is 0.265. The van der Waals surface area contributed by atoms with Crippen LogP contribution in [0.15, 0.2) is 52.0 Å². The van der Waals surface area contributed by atoms with Crippen molar-refractivity contribution < 1.29 is 9.18 Å². The van der Waals surface area contributed by atoms with Crippen molar-refractivity contribution in [3.8, 4) is 0 Å². The van der Waals surface area contributed by atoms with Crippen LogP contribution in [-0.2, 0) is 0 Å². The van der Waals surface area contributed by atoms with Gasteiger partial charge in [0.05, 0.1) is 12.9 Å². The van der Waals surface area contributed by atoms with Gasteiger partial charge in [0.2, 0.25) is 0 Å². The third kappa shape index (κ3) is 4.90. The third-order valence-corrected chi connectivity index (χ3v) is 7.14. The fourth-order valence-corrected chi connectivity index (χ4v) is 5.35. The molecule has 4 rings (SSSR count). The number of likely N-dealkylation sites (tertiary alicyclic amines) is 2. The van der Waals surface area contributed by atoms with E-state index in [9.17, 15) is 9.18 Å². The number of rotatable bonds is 5. The second-order valence-electron chi connectivity index (χ2n) is 10.0. The van der Waals surface area contributed by atoms with E-state index in [-0.39, 0.29) is 17.3 Å². The number of urea groups is 1. The van der Waals surface area contributed by atoms with Gasteiger partial charge >= 0.3 is 6.03 Å². The highest BCUT2D eigenvalue weighted by Crippen LogP contribution is 2.41. The Balaban J connectivity index is 1.35. The molecule has 6 heteroatoms. The monoisotopic (exact) mass is 440 g/mol. The van der Waals surface area contributed by atoms with Gasteiger partial charge in [0, 0.05) is 43.8 Å². The average Bonchev–Trinajstić information content (AvgIpc) is 3.04. The van der Waals surface area contributed by atoms with E-state index in [1.165, 1.54) is 23.4 Å². The van der Waals surface area contributed by atoms with Gasteiger partial charge in [-0.1, -0.05) is 38.5 Å². The minimum Gasteiger partial charge on any atom is -0.323 e. The summed E-state index contributed by atoms with van der Waals surface area (Å²) >= 11 is 0. The van der Waals surface area contributed by atoms with E-state index in [1.807, 2.05) is 16.7 Å². The first-order chi connectivity index (χ1) is 15.4. The number of hydrogen-bond acceptors (Lipinski definition) is 3. The molecule has 174 valence electrons. The lowest BCUT2D eigenvalue weighted by Crippen LogP contribution is -2.62. The minimum atomic E-state index is -0.264. The van der Waals surface area contributed by atoms with Crippen molar-refractivity contribution in [2.75, 3.05) is 39.4 Å². The molecule has 0 unspecified atom stereocenters. The van der Waals surface area contributed by atoms with Crippen LogP contribution in [-0.4, -0.2) is 66.3 Å². The first-order valence-corrected chi connectivity index (χ1v) is 12.2. The van der Waals surface area contributed by atoms with Gasteiger partial charge in [0.25, 0.3) is 0 Å². The largest absolute Gasteiger partial charge is 0.324 e. The maximum absolute atomic E-state index is 13.5. The Kier molecular flexibility index (Phi) is 6.99. The molecule has 0 radical (unpaired) electrons. The number of hydrogen-bond donors (Lipinski definition) is 0. The Labute approximate surface area is 192 Å². The molecular weight excluding hydrogens is 403 g/mol. The lowest BCUT2D eigenvalue weighted by molar-refractivity contribution is 0.0268. The smallest absolute Gasteiger partial charge is 0.323 e. The number of allylic oxidation sites excluding steroid dienone is 7. The number of carbonyl (C=O) groups excluding carboxylic acids is 1. The van der Waals surface area contributed by atoms with Crippen molar-refractivity contribution in [1.82, 2.24) is 14.7 Å². The molecule has 1 spiro atoms. The van der Waals surface area contributed by atoms with Gasteiger partial charge < -0.3 is 4.90 Å². The molecule has 0 aromatic carbocycles. The summed E-state index contributed by atoms with van der Waals surface area (Å²) in [7, 11) is 0. The zero-order chi connectivity index (χ0) is 22.7. The molecular formula is C26H37FN4O. The maximum Gasteiger partial charge on any atom is 0.324 e. The van der Waals surface area contributed by atoms with Crippen LogP contribution in [0.2, 0.25) is 0 Å². The molecule has 0 saturated carbocycles. The molecule has 3 heterocycles. The molecule has 5 nitrogen and oxygen atoms in total. The van der Waals surface area contributed by atoms with E-state index in [4.69, 9.17) is 0 Å². The lowest BCUT2D eigenvalue weighted by Gasteiger charge is -2.50. The Hall–Kier alpha value is -2.21. The first kappa shape index (κ1) is 23.0. The third-order valence-electron chi connectivity index (χ3n) is 7.14. The Morgan fingerprint density at radius 1 is 1.28 bits per heavy atom. The van der Waals surface area contributed by atoms with E-state index in [1.54, 1.807) is 0 Å². The van der Waals surface area contributed by atoms with Gasteiger partial charge in [-0.3, -0.25) is 14.8 Å². The molecule has 1 aliphatic carbocycles. The molecule has 0 aromatic rings. The number of carbonyl (C=O) groups is 1. The van der Waals surface area contributed by atoms with Gasteiger partial charge in [0.1, 0.15) is 5.83 Å². The van der Waals surface area contributed by atoms with Gasteiger partial charge in [0.15, 0.2) is 0 Å². The van der Waals surface area contributed by atoms with Crippen LogP contribution in [0, 0.1) is 11.3 Å². The van der Waals surface area contributed by atoms with Gasteiger partial charge in [-0.05, 0) is 55.7 Å². The predicted octanol–water partition coefficient (Wildman–Crippen LogP) is 5.30. The Morgan fingerprint density at radius 2 is 2.09 bits per heavy atom. The number of nitrogens with zero attached hydrogens (tertiary/aromatic N) is 4. The van der Waals surface area contributed by atoms with Crippen LogP contribution in [0.1, 0.15) is 52.9 Å². The van der Waals surface area contributed by atoms with Gasteiger partial charge in [-0.15, -0.1) is 0 Å². The van der Waals surface area contributed by atoms with Crippen molar-refractivity contribution in [2.45, 2.75) is 52.9 Å². The Bertz CT molecular complexity index is 876. The summed E-state index contributed by atoms with van der Waals surface area (Å²) in [6.45, 7) is 11.2. The second kappa shape index (κ2) is 9.74. The quantitative estimate of drug-likeness (QED) is 0.544. The van der Waals surface area contributed by atoms with Crippen LogP contribution in [0.5, 0.6) is 0 Å². The average molecular weight is 441 g/mol. The van der Waals surface area contributed by atoms with Crippen LogP contribution >= 0.6 is 0 Å². The number of amides is 2. The van der Waals surface area contributed by atoms with E-state index in [0.29, 0.717) is 19.0 Å². The molecule has 4 aliphatic rings. The van der Waals surface area contributed by atoms with E-state index >= 15 is 0 Å². The Morgan fingerprint density at radius 3 is 2.84 bits per heavy atom. The van der Waals surface area contributed by atoms with Gasteiger partial charge in [-0.2, -0.15) is 0 Å². The highest BCUT2D eigenvalue weighted by Gasteiger charge is 2.50. The molecule has 2 saturated heterocycles. The SMILES string of the molecule is CC/C=C(F)\C=N/CN1CCC2(C1)CN(C(=O)N1CCCC3=C1C=CCC(C(C)C)=C3)C2. The molecule has 2 fully saturated rings. The normalized spacial score (nSPS) is 23.8. The zero-order valence-electron chi connectivity index (χ0n) is 19.8. The topological polar surface area (TPSA) is 39.1 Å². The van der Waals surface area contributed by atoms with E-state index in [0.717, 1.165) is 64.1 Å². The molecule has 0 atom stereocenters. The summed E-state index contributed by atoms with van der Waals surface area (Å²) in [5, 5.41) is 0. The van der Waals surface area contributed by atoms with Gasteiger partial charge in [-0.25, -0.2) is 9.18 Å². The fraction of sp³-hybridized carbons (Fsp3) is 0.615. The molecule has 3 aliphatic heterocycles. The van der Waals surface area contributed by atoms with Crippen LogP contribution < -0.4 is 0 Å². The van der Waals surface area contributed by atoms with Crippen molar-refractivity contribution in [3.05, 3.63) is 47.0 Å². The standard InChI is InChI=1S/C26H37FN4O/c1-4-7-23(27)15-28-19-29-13-11-26(16-29)17-30(18-26)25(32)31-12-6-9-22-14-21(20(2)3)8-5-10-24(22)31/h5,7,10,14-15,20H,4,6,8-9,11-13,16-19H2,1-3H3/b23-7+,28-15-.